The van der Waals surface area contributed by atoms with Crippen LogP contribution < -0.4 is 0 Å². The standard InChI is InChI=1S/C15H19ClN3O/c16-14-3-1-13(2-4-14)15(20)8-19-7-12-5-17(10-19)9-18(6-12)11-19/h1-4,12H,5-11H2/q+1. The molecule has 4 saturated heterocycles. The third-order valence-corrected chi connectivity index (χ3v) is 4.98. The van der Waals surface area contributed by atoms with Gasteiger partial charge in [-0.15, -0.1) is 0 Å². The number of ketones is 1. The maximum atomic E-state index is 12.5. The Labute approximate surface area is 124 Å². The van der Waals surface area contributed by atoms with Gasteiger partial charge in [0.2, 0.25) is 5.78 Å². The van der Waals surface area contributed by atoms with E-state index in [9.17, 15) is 4.79 Å². The lowest BCUT2D eigenvalue weighted by molar-refractivity contribution is -0.963. The minimum atomic E-state index is 0.242. The Kier molecular flexibility index (Phi) is 2.89. The summed E-state index contributed by atoms with van der Waals surface area (Å²) < 4.78 is 0.923. The average Bonchev–Trinajstić information content (AvgIpc) is 2.37. The molecule has 0 spiro atoms. The summed E-state index contributed by atoms with van der Waals surface area (Å²) in [5, 5.41) is 0.683. The smallest absolute Gasteiger partial charge is 0.217 e. The van der Waals surface area contributed by atoms with Crippen LogP contribution >= 0.6 is 11.6 Å². The van der Waals surface area contributed by atoms with Crippen molar-refractivity contribution in [3.8, 4) is 0 Å². The fraction of sp³-hybridized carbons (Fsp3) is 0.533. The van der Waals surface area contributed by atoms with Crippen molar-refractivity contribution in [2.45, 2.75) is 0 Å². The molecule has 4 bridgehead atoms. The van der Waals surface area contributed by atoms with Crippen molar-refractivity contribution in [3.63, 3.8) is 0 Å². The molecule has 0 amide bonds. The normalized spacial score (nSPS) is 38.1. The van der Waals surface area contributed by atoms with Crippen molar-refractivity contribution in [2.75, 3.05) is 46.2 Å². The van der Waals surface area contributed by atoms with Crippen molar-refractivity contribution in [1.82, 2.24) is 9.80 Å². The molecule has 0 radical (unpaired) electrons. The molecule has 106 valence electrons. The SMILES string of the molecule is O=C(C[N+]12CC3CN(CN(C3)C1)C2)c1ccc(Cl)cc1. The second-order valence-corrected chi connectivity index (χ2v) is 7.05. The third-order valence-electron chi connectivity index (χ3n) is 4.72. The van der Waals surface area contributed by atoms with Crippen LogP contribution in [0.1, 0.15) is 10.4 Å². The Bertz CT molecular complexity index is 507. The minimum absolute atomic E-state index is 0.242. The van der Waals surface area contributed by atoms with E-state index in [2.05, 4.69) is 9.80 Å². The maximum Gasteiger partial charge on any atom is 0.217 e. The van der Waals surface area contributed by atoms with Gasteiger partial charge in [-0.05, 0) is 24.3 Å². The summed E-state index contributed by atoms with van der Waals surface area (Å²) in [5.74, 6) is 0.982. The largest absolute Gasteiger partial charge is 0.292 e. The predicted octanol–water partition coefficient (Wildman–Crippen LogP) is 1.47. The minimum Gasteiger partial charge on any atom is -0.292 e. The number of benzene rings is 1. The highest BCUT2D eigenvalue weighted by Gasteiger charge is 2.50. The van der Waals surface area contributed by atoms with Crippen molar-refractivity contribution >= 4 is 17.4 Å². The average molecular weight is 293 g/mol. The van der Waals surface area contributed by atoms with Crippen molar-refractivity contribution in [3.05, 3.63) is 34.9 Å². The van der Waals surface area contributed by atoms with Crippen LogP contribution in [-0.2, 0) is 0 Å². The molecule has 2 atom stereocenters. The molecule has 5 rings (SSSR count). The highest BCUT2D eigenvalue weighted by molar-refractivity contribution is 6.30. The van der Waals surface area contributed by atoms with Crippen LogP contribution in [-0.4, -0.2) is 66.3 Å². The number of quaternary nitrogens is 1. The second kappa shape index (κ2) is 4.53. The number of halogens is 1. The molecule has 0 saturated carbocycles. The number of carbonyl (C=O) groups excluding carboxylic acids is 1. The van der Waals surface area contributed by atoms with Gasteiger partial charge >= 0.3 is 0 Å². The van der Waals surface area contributed by atoms with E-state index in [1.165, 1.54) is 13.1 Å². The summed E-state index contributed by atoms with van der Waals surface area (Å²) in [6.07, 6.45) is 0. The molecule has 20 heavy (non-hydrogen) atoms. The summed E-state index contributed by atoms with van der Waals surface area (Å²) in [7, 11) is 0. The molecule has 5 heteroatoms. The number of nitrogens with zero attached hydrogens (tertiary/aromatic N) is 3. The highest BCUT2D eigenvalue weighted by Crippen LogP contribution is 2.32. The van der Waals surface area contributed by atoms with E-state index in [1.807, 2.05) is 12.1 Å². The fourth-order valence-corrected chi connectivity index (χ4v) is 4.39. The Morgan fingerprint density at radius 2 is 1.85 bits per heavy atom. The number of hydrogen-bond donors (Lipinski definition) is 0. The molecule has 4 fully saturated rings. The zero-order chi connectivity index (χ0) is 13.7. The van der Waals surface area contributed by atoms with Gasteiger partial charge in [-0.2, -0.15) is 0 Å². The van der Waals surface area contributed by atoms with Gasteiger partial charge in [-0.25, -0.2) is 9.80 Å². The van der Waals surface area contributed by atoms with Crippen LogP contribution in [0, 0.1) is 5.92 Å². The number of rotatable bonds is 3. The van der Waals surface area contributed by atoms with Gasteiger partial charge < -0.3 is 0 Å². The zero-order valence-corrected chi connectivity index (χ0v) is 12.2. The lowest BCUT2D eigenvalue weighted by Gasteiger charge is -2.59. The van der Waals surface area contributed by atoms with Gasteiger partial charge in [0.1, 0.15) is 19.9 Å². The molecular weight excluding hydrogens is 274 g/mol. The first-order chi connectivity index (χ1) is 9.62. The topological polar surface area (TPSA) is 23.6 Å². The van der Waals surface area contributed by atoms with E-state index in [4.69, 9.17) is 11.6 Å². The summed E-state index contributed by atoms with van der Waals surface area (Å²) in [4.78, 5) is 17.5. The lowest BCUT2D eigenvalue weighted by atomic mass is 9.97. The Balaban J connectivity index is 1.53. The Hall–Kier alpha value is -0.940. The molecule has 4 aliphatic heterocycles. The Morgan fingerprint density at radius 3 is 2.45 bits per heavy atom. The van der Waals surface area contributed by atoms with Gasteiger partial charge in [0, 0.05) is 29.6 Å². The van der Waals surface area contributed by atoms with E-state index >= 15 is 0 Å². The molecule has 4 heterocycles. The quantitative estimate of drug-likeness (QED) is 0.623. The first kappa shape index (κ1) is 12.8. The first-order valence-electron chi connectivity index (χ1n) is 7.21. The van der Waals surface area contributed by atoms with Crippen LogP contribution in [0.15, 0.2) is 24.3 Å². The summed E-state index contributed by atoms with van der Waals surface area (Å²) in [5.41, 5.74) is 0.785. The van der Waals surface area contributed by atoms with E-state index in [0.717, 1.165) is 42.5 Å². The lowest BCUT2D eigenvalue weighted by Crippen LogP contribution is -2.77. The zero-order valence-electron chi connectivity index (χ0n) is 11.5. The number of carbonyl (C=O) groups is 1. The fourth-order valence-electron chi connectivity index (χ4n) is 4.26. The molecule has 1 aromatic carbocycles. The summed E-state index contributed by atoms with van der Waals surface area (Å²) >= 11 is 5.89. The first-order valence-corrected chi connectivity index (χ1v) is 7.58. The van der Waals surface area contributed by atoms with Crippen LogP contribution in [0.25, 0.3) is 0 Å². The molecule has 1 aromatic rings. The van der Waals surface area contributed by atoms with Gasteiger partial charge in [-0.1, -0.05) is 11.6 Å². The van der Waals surface area contributed by atoms with Gasteiger partial charge in [0.25, 0.3) is 0 Å². The van der Waals surface area contributed by atoms with E-state index in [-0.39, 0.29) is 5.78 Å². The van der Waals surface area contributed by atoms with E-state index < -0.39 is 0 Å². The van der Waals surface area contributed by atoms with Gasteiger partial charge in [-0.3, -0.25) is 9.28 Å². The molecule has 0 N–H and O–H groups in total. The predicted molar refractivity (Wildman–Crippen MR) is 77.3 cm³/mol. The highest BCUT2D eigenvalue weighted by atomic mass is 35.5. The molecule has 0 aliphatic carbocycles. The van der Waals surface area contributed by atoms with Crippen LogP contribution in [0.3, 0.4) is 0 Å². The van der Waals surface area contributed by atoms with Crippen LogP contribution in [0.4, 0.5) is 0 Å². The summed E-state index contributed by atoms with van der Waals surface area (Å²) in [6, 6.07) is 7.29. The van der Waals surface area contributed by atoms with Crippen LogP contribution in [0.5, 0.6) is 0 Å². The number of Topliss-reactive ketones (excluding diaryl/α,β-unsaturated/α-hetero) is 1. The monoisotopic (exact) mass is 292 g/mol. The third kappa shape index (κ3) is 2.17. The number of hydrogen-bond acceptors (Lipinski definition) is 3. The molecule has 0 aromatic heterocycles. The maximum absolute atomic E-state index is 12.5. The molecule has 4 aliphatic rings. The van der Waals surface area contributed by atoms with Gasteiger partial charge in [0.15, 0.2) is 0 Å². The molecule has 2 unspecified atom stereocenters. The van der Waals surface area contributed by atoms with E-state index in [1.54, 1.807) is 12.1 Å². The van der Waals surface area contributed by atoms with Crippen molar-refractivity contribution in [1.29, 1.82) is 0 Å². The summed E-state index contributed by atoms with van der Waals surface area (Å²) in [6.45, 7) is 7.36. The second-order valence-electron chi connectivity index (χ2n) is 6.61. The molecule has 4 nitrogen and oxygen atoms in total. The van der Waals surface area contributed by atoms with Crippen molar-refractivity contribution in [2.24, 2.45) is 5.92 Å². The van der Waals surface area contributed by atoms with E-state index in [0.29, 0.717) is 11.6 Å². The van der Waals surface area contributed by atoms with Gasteiger partial charge in [0.05, 0.1) is 13.2 Å². The molecular formula is C15H19ClN3O+. The Morgan fingerprint density at radius 1 is 1.20 bits per heavy atom. The van der Waals surface area contributed by atoms with Crippen LogP contribution in [0.2, 0.25) is 5.02 Å². The van der Waals surface area contributed by atoms with Crippen molar-refractivity contribution < 1.29 is 9.28 Å².